The maximum absolute atomic E-state index is 9.42. The summed E-state index contributed by atoms with van der Waals surface area (Å²) in [6.07, 6.45) is 0.817. The minimum Gasteiger partial charge on any atom is -0.494 e. The number of benzene rings is 1. The standard InChI is InChI=1S/C10H11NO3/c1-6(12)7-3-8(13-2)10-9(4-7)14-5-11-10/h3-6,12H,1-2H3. The van der Waals surface area contributed by atoms with Crippen LogP contribution in [0.1, 0.15) is 18.6 Å². The van der Waals surface area contributed by atoms with Crippen LogP contribution in [0.4, 0.5) is 0 Å². The number of aliphatic hydroxyl groups is 1. The van der Waals surface area contributed by atoms with E-state index in [4.69, 9.17) is 9.15 Å². The van der Waals surface area contributed by atoms with Crippen LogP contribution in [0.25, 0.3) is 11.1 Å². The highest BCUT2D eigenvalue weighted by molar-refractivity contribution is 5.80. The maximum Gasteiger partial charge on any atom is 0.182 e. The van der Waals surface area contributed by atoms with Crippen molar-refractivity contribution < 1.29 is 14.3 Å². The van der Waals surface area contributed by atoms with Crippen LogP contribution in [-0.2, 0) is 0 Å². The van der Waals surface area contributed by atoms with Gasteiger partial charge >= 0.3 is 0 Å². The smallest absolute Gasteiger partial charge is 0.182 e. The zero-order chi connectivity index (χ0) is 10.1. The summed E-state index contributed by atoms with van der Waals surface area (Å²) in [5.41, 5.74) is 2.06. The Morgan fingerprint density at radius 1 is 1.50 bits per heavy atom. The summed E-state index contributed by atoms with van der Waals surface area (Å²) in [4.78, 5) is 4.02. The molecule has 2 rings (SSSR count). The Kier molecular flexibility index (Phi) is 2.13. The molecule has 1 aromatic carbocycles. The van der Waals surface area contributed by atoms with Gasteiger partial charge in [-0.15, -0.1) is 0 Å². The fraction of sp³-hybridized carbons (Fsp3) is 0.300. The lowest BCUT2D eigenvalue weighted by atomic mass is 10.1. The number of fused-ring (bicyclic) bond motifs is 1. The van der Waals surface area contributed by atoms with Gasteiger partial charge in [0.2, 0.25) is 0 Å². The van der Waals surface area contributed by atoms with Crippen molar-refractivity contribution in [2.45, 2.75) is 13.0 Å². The molecule has 1 heterocycles. The number of rotatable bonds is 2. The largest absolute Gasteiger partial charge is 0.494 e. The van der Waals surface area contributed by atoms with Crippen LogP contribution in [0.3, 0.4) is 0 Å². The van der Waals surface area contributed by atoms with Crippen molar-refractivity contribution in [3.05, 3.63) is 24.1 Å². The second-order valence-corrected chi connectivity index (χ2v) is 3.10. The van der Waals surface area contributed by atoms with Gasteiger partial charge in [0.25, 0.3) is 0 Å². The summed E-state index contributed by atoms with van der Waals surface area (Å²) in [6.45, 7) is 1.69. The van der Waals surface area contributed by atoms with E-state index in [2.05, 4.69) is 4.98 Å². The van der Waals surface area contributed by atoms with E-state index in [0.717, 1.165) is 5.56 Å². The van der Waals surface area contributed by atoms with Crippen LogP contribution in [-0.4, -0.2) is 17.2 Å². The van der Waals surface area contributed by atoms with Gasteiger partial charge in [-0.3, -0.25) is 0 Å². The SMILES string of the molecule is COc1cc(C(C)O)cc2ocnc12. The van der Waals surface area contributed by atoms with Crippen LogP contribution in [0.15, 0.2) is 22.9 Å². The van der Waals surface area contributed by atoms with E-state index in [-0.39, 0.29) is 0 Å². The molecular formula is C10H11NO3. The van der Waals surface area contributed by atoms with Crippen molar-refractivity contribution in [3.63, 3.8) is 0 Å². The molecule has 4 nitrogen and oxygen atoms in total. The Labute approximate surface area is 81.1 Å². The van der Waals surface area contributed by atoms with Crippen molar-refractivity contribution in [3.8, 4) is 5.75 Å². The summed E-state index contributed by atoms with van der Waals surface area (Å²) >= 11 is 0. The van der Waals surface area contributed by atoms with Crippen LogP contribution in [0.5, 0.6) is 5.75 Å². The third-order valence-corrected chi connectivity index (χ3v) is 2.13. The molecule has 14 heavy (non-hydrogen) atoms. The zero-order valence-electron chi connectivity index (χ0n) is 8.02. The molecule has 1 unspecified atom stereocenters. The summed E-state index contributed by atoms with van der Waals surface area (Å²) in [7, 11) is 1.56. The highest BCUT2D eigenvalue weighted by Gasteiger charge is 2.10. The van der Waals surface area contributed by atoms with Crippen molar-refractivity contribution in [2.75, 3.05) is 7.11 Å². The fourth-order valence-electron chi connectivity index (χ4n) is 1.35. The molecule has 1 aromatic heterocycles. The van der Waals surface area contributed by atoms with Crippen LogP contribution < -0.4 is 4.74 Å². The molecule has 0 aliphatic carbocycles. The minimum atomic E-state index is -0.543. The normalized spacial score (nSPS) is 13.1. The van der Waals surface area contributed by atoms with E-state index >= 15 is 0 Å². The van der Waals surface area contributed by atoms with Gasteiger partial charge in [-0.2, -0.15) is 0 Å². The van der Waals surface area contributed by atoms with E-state index in [9.17, 15) is 5.11 Å². The number of methoxy groups -OCH3 is 1. The molecule has 0 bridgehead atoms. The molecule has 0 fully saturated rings. The molecule has 0 amide bonds. The van der Waals surface area contributed by atoms with Gasteiger partial charge in [-0.05, 0) is 24.6 Å². The second kappa shape index (κ2) is 3.31. The van der Waals surface area contributed by atoms with Gasteiger partial charge < -0.3 is 14.3 Å². The molecule has 0 aliphatic rings. The quantitative estimate of drug-likeness (QED) is 0.791. The first kappa shape index (κ1) is 9.02. The van der Waals surface area contributed by atoms with Crippen molar-refractivity contribution >= 4 is 11.1 Å². The number of aliphatic hydroxyl groups excluding tert-OH is 1. The molecular weight excluding hydrogens is 182 g/mol. The summed E-state index contributed by atoms with van der Waals surface area (Å²) < 4.78 is 10.3. The van der Waals surface area contributed by atoms with E-state index in [1.165, 1.54) is 6.39 Å². The van der Waals surface area contributed by atoms with E-state index < -0.39 is 6.10 Å². The number of ether oxygens (including phenoxy) is 1. The Morgan fingerprint density at radius 2 is 2.29 bits per heavy atom. The van der Waals surface area contributed by atoms with Gasteiger partial charge in [0.05, 0.1) is 13.2 Å². The fourth-order valence-corrected chi connectivity index (χ4v) is 1.35. The lowest BCUT2D eigenvalue weighted by Crippen LogP contribution is -1.93. The molecule has 0 aliphatic heterocycles. The summed E-state index contributed by atoms with van der Waals surface area (Å²) in [5.74, 6) is 0.618. The molecule has 4 heteroatoms. The van der Waals surface area contributed by atoms with E-state index in [1.807, 2.05) is 0 Å². The molecule has 1 atom stereocenters. The second-order valence-electron chi connectivity index (χ2n) is 3.10. The van der Waals surface area contributed by atoms with Gasteiger partial charge in [0.15, 0.2) is 17.5 Å². The zero-order valence-corrected chi connectivity index (χ0v) is 8.02. The lowest BCUT2D eigenvalue weighted by Gasteiger charge is -2.06. The van der Waals surface area contributed by atoms with E-state index in [0.29, 0.717) is 16.8 Å². The van der Waals surface area contributed by atoms with Gasteiger partial charge in [-0.25, -0.2) is 4.98 Å². The number of oxazole rings is 1. The first-order valence-corrected chi connectivity index (χ1v) is 4.31. The number of aromatic nitrogens is 1. The molecule has 0 saturated heterocycles. The van der Waals surface area contributed by atoms with Gasteiger partial charge in [-0.1, -0.05) is 0 Å². The topological polar surface area (TPSA) is 55.5 Å². The van der Waals surface area contributed by atoms with Crippen molar-refractivity contribution in [2.24, 2.45) is 0 Å². The summed E-state index contributed by atoms with van der Waals surface area (Å²) in [6, 6.07) is 3.52. The first-order chi connectivity index (χ1) is 6.72. The molecule has 0 saturated carbocycles. The lowest BCUT2D eigenvalue weighted by molar-refractivity contribution is 0.199. The summed E-state index contributed by atoms with van der Waals surface area (Å²) in [5, 5.41) is 9.42. The molecule has 0 radical (unpaired) electrons. The van der Waals surface area contributed by atoms with Gasteiger partial charge in [0, 0.05) is 0 Å². The monoisotopic (exact) mass is 193 g/mol. The third kappa shape index (κ3) is 1.33. The highest BCUT2D eigenvalue weighted by Crippen LogP contribution is 2.28. The average molecular weight is 193 g/mol. The first-order valence-electron chi connectivity index (χ1n) is 4.31. The molecule has 74 valence electrons. The molecule has 1 N–H and O–H groups in total. The molecule has 2 aromatic rings. The highest BCUT2D eigenvalue weighted by atomic mass is 16.5. The van der Waals surface area contributed by atoms with Crippen molar-refractivity contribution in [1.29, 1.82) is 0 Å². The minimum absolute atomic E-state index is 0.543. The van der Waals surface area contributed by atoms with E-state index in [1.54, 1.807) is 26.2 Å². The Hall–Kier alpha value is -1.55. The van der Waals surface area contributed by atoms with Crippen molar-refractivity contribution in [1.82, 2.24) is 4.98 Å². The van der Waals surface area contributed by atoms with Crippen LogP contribution >= 0.6 is 0 Å². The Morgan fingerprint density at radius 3 is 2.93 bits per heavy atom. The predicted molar refractivity (Wildman–Crippen MR) is 51.2 cm³/mol. The average Bonchev–Trinajstić information content (AvgIpc) is 2.63. The predicted octanol–water partition coefficient (Wildman–Crippen LogP) is 1.89. The third-order valence-electron chi connectivity index (χ3n) is 2.13. The molecule has 0 spiro atoms. The van der Waals surface area contributed by atoms with Crippen LogP contribution in [0, 0.1) is 0 Å². The number of nitrogens with zero attached hydrogens (tertiary/aromatic N) is 1. The Balaban J connectivity index is 2.67. The van der Waals surface area contributed by atoms with Crippen LogP contribution in [0.2, 0.25) is 0 Å². The number of hydrogen-bond acceptors (Lipinski definition) is 4. The number of hydrogen-bond donors (Lipinski definition) is 1. The van der Waals surface area contributed by atoms with Gasteiger partial charge in [0.1, 0.15) is 5.75 Å². The Bertz CT molecular complexity index is 448. The maximum atomic E-state index is 9.42.